The number of hydrogen-bond donors (Lipinski definition) is 0. The zero-order valence-electron chi connectivity index (χ0n) is 14.8. The number of likely N-dealkylation sites (N-methyl/N-ethyl adjacent to an activating group) is 1. The van der Waals surface area contributed by atoms with Crippen molar-refractivity contribution in [3.63, 3.8) is 0 Å². The van der Waals surface area contributed by atoms with E-state index < -0.39 is 5.97 Å². The smallest absolute Gasteiger partial charge is 0.293 e. The molecule has 1 aliphatic heterocycles. The van der Waals surface area contributed by atoms with Gasteiger partial charge in [-0.25, -0.2) is 0 Å². The van der Waals surface area contributed by atoms with Crippen LogP contribution in [0.25, 0.3) is 6.08 Å². The maximum Gasteiger partial charge on any atom is 0.293 e. The number of carbonyl (C=O) groups is 3. The molecule has 0 spiro atoms. The molecule has 1 heterocycles. The Morgan fingerprint density at radius 3 is 2.68 bits per heavy atom. The van der Waals surface area contributed by atoms with Gasteiger partial charge < -0.3 is 14.6 Å². The highest BCUT2D eigenvalue weighted by atomic mass is 35.5. The minimum atomic E-state index is -1.25. The third-order valence-electron chi connectivity index (χ3n) is 4.00. The molecule has 1 aliphatic rings. The molecule has 0 N–H and O–H groups in total. The molecular weight excluding hydrogens is 402 g/mol. The SMILES string of the molecule is CCN1C(=O)S/C(=C/c2ccc(OCc3cccc(C(=O)[O-])c3)c(Cl)c2)C1=O. The first-order chi connectivity index (χ1) is 13.4. The summed E-state index contributed by atoms with van der Waals surface area (Å²) in [6, 6.07) is 11.3. The maximum absolute atomic E-state index is 12.2. The minimum Gasteiger partial charge on any atom is -0.545 e. The summed E-state index contributed by atoms with van der Waals surface area (Å²) < 4.78 is 5.65. The van der Waals surface area contributed by atoms with Crippen LogP contribution in [0.4, 0.5) is 4.79 Å². The number of carbonyl (C=O) groups excluding carboxylic acids is 3. The number of halogens is 1. The topological polar surface area (TPSA) is 86.7 Å². The molecule has 28 heavy (non-hydrogen) atoms. The van der Waals surface area contributed by atoms with Gasteiger partial charge in [-0.05, 0) is 59.7 Å². The van der Waals surface area contributed by atoms with Gasteiger partial charge in [0, 0.05) is 6.54 Å². The highest BCUT2D eigenvalue weighted by Gasteiger charge is 2.33. The number of nitrogens with zero attached hydrogens (tertiary/aromatic N) is 1. The fourth-order valence-electron chi connectivity index (χ4n) is 2.60. The van der Waals surface area contributed by atoms with Gasteiger partial charge in [-0.3, -0.25) is 14.5 Å². The fourth-order valence-corrected chi connectivity index (χ4v) is 3.74. The molecule has 3 rings (SSSR count). The van der Waals surface area contributed by atoms with E-state index >= 15 is 0 Å². The summed E-state index contributed by atoms with van der Waals surface area (Å²) in [5, 5.41) is 11.0. The van der Waals surface area contributed by atoms with Crippen LogP contribution in [-0.2, 0) is 11.4 Å². The van der Waals surface area contributed by atoms with Crippen LogP contribution in [0.5, 0.6) is 5.75 Å². The summed E-state index contributed by atoms with van der Waals surface area (Å²) in [6.07, 6.45) is 1.61. The second-order valence-electron chi connectivity index (χ2n) is 5.89. The average Bonchev–Trinajstić information content (AvgIpc) is 2.94. The maximum atomic E-state index is 12.2. The van der Waals surface area contributed by atoms with Crippen molar-refractivity contribution in [3.05, 3.63) is 69.1 Å². The molecule has 0 unspecified atom stereocenters. The highest BCUT2D eigenvalue weighted by Crippen LogP contribution is 2.33. The van der Waals surface area contributed by atoms with Crippen molar-refractivity contribution in [2.75, 3.05) is 6.54 Å². The minimum absolute atomic E-state index is 0.0728. The van der Waals surface area contributed by atoms with Crippen molar-refractivity contribution in [2.45, 2.75) is 13.5 Å². The number of imide groups is 1. The molecule has 1 saturated heterocycles. The van der Waals surface area contributed by atoms with Crippen LogP contribution in [0, 0.1) is 0 Å². The van der Waals surface area contributed by atoms with Crippen molar-refractivity contribution in [1.29, 1.82) is 0 Å². The normalized spacial score (nSPS) is 15.4. The van der Waals surface area contributed by atoms with Crippen LogP contribution < -0.4 is 9.84 Å². The van der Waals surface area contributed by atoms with Crippen molar-refractivity contribution >= 4 is 46.6 Å². The Balaban J connectivity index is 1.72. The van der Waals surface area contributed by atoms with Gasteiger partial charge in [0.05, 0.1) is 15.9 Å². The van der Waals surface area contributed by atoms with Crippen molar-refractivity contribution < 1.29 is 24.2 Å². The Hall–Kier alpha value is -2.77. The molecule has 1 fully saturated rings. The van der Waals surface area contributed by atoms with E-state index in [4.69, 9.17) is 16.3 Å². The molecule has 2 amide bonds. The third kappa shape index (κ3) is 4.37. The Kier molecular flexibility index (Phi) is 6.06. The third-order valence-corrected chi connectivity index (χ3v) is 5.20. The molecule has 2 aromatic rings. The quantitative estimate of drug-likeness (QED) is 0.671. The lowest BCUT2D eigenvalue weighted by molar-refractivity contribution is -0.255. The predicted molar refractivity (Wildman–Crippen MR) is 105 cm³/mol. The van der Waals surface area contributed by atoms with Gasteiger partial charge in [-0.1, -0.05) is 35.9 Å². The summed E-state index contributed by atoms with van der Waals surface area (Å²) >= 11 is 7.15. The van der Waals surface area contributed by atoms with Crippen LogP contribution in [0.3, 0.4) is 0 Å². The number of aromatic carboxylic acids is 1. The van der Waals surface area contributed by atoms with Crippen molar-refractivity contribution in [3.8, 4) is 5.75 Å². The van der Waals surface area contributed by atoms with E-state index in [1.54, 1.807) is 43.3 Å². The van der Waals surface area contributed by atoms with Gasteiger partial charge in [-0.2, -0.15) is 0 Å². The highest BCUT2D eigenvalue weighted by molar-refractivity contribution is 8.18. The van der Waals surface area contributed by atoms with Gasteiger partial charge in [-0.15, -0.1) is 0 Å². The summed E-state index contributed by atoms with van der Waals surface area (Å²) in [7, 11) is 0. The number of rotatable bonds is 6. The first kappa shape index (κ1) is 20.0. The molecule has 6 nitrogen and oxygen atoms in total. The van der Waals surface area contributed by atoms with Gasteiger partial charge in [0.15, 0.2) is 0 Å². The zero-order valence-corrected chi connectivity index (χ0v) is 16.4. The number of amides is 2. The van der Waals surface area contributed by atoms with E-state index in [2.05, 4.69) is 0 Å². The number of carboxylic acids is 1. The summed E-state index contributed by atoms with van der Waals surface area (Å²) in [4.78, 5) is 36.3. The molecule has 0 radical (unpaired) electrons. The second-order valence-corrected chi connectivity index (χ2v) is 7.29. The second kappa shape index (κ2) is 8.50. The Morgan fingerprint density at radius 2 is 2.04 bits per heavy atom. The van der Waals surface area contributed by atoms with E-state index in [1.807, 2.05) is 0 Å². The number of thioether (sulfide) groups is 1. The fraction of sp³-hybridized carbons (Fsp3) is 0.150. The lowest BCUT2D eigenvalue weighted by atomic mass is 10.1. The van der Waals surface area contributed by atoms with E-state index in [9.17, 15) is 19.5 Å². The first-order valence-electron chi connectivity index (χ1n) is 8.37. The number of carboxylic acid groups (broad SMARTS) is 1. The molecule has 0 saturated carbocycles. The standard InChI is InChI=1S/C20H16ClNO5S/c1-2-22-18(23)17(28-20(22)26)10-12-6-7-16(15(21)9-12)27-11-13-4-3-5-14(8-13)19(24)25/h3-10H,2,11H2,1H3,(H,24,25)/p-1/b17-10+. The van der Waals surface area contributed by atoms with Crippen molar-refractivity contribution in [2.24, 2.45) is 0 Å². The number of hydrogen-bond acceptors (Lipinski definition) is 6. The summed E-state index contributed by atoms with van der Waals surface area (Å²) in [5.74, 6) is -1.15. The molecule has 144 valence electrons. The van der Waals surface area contributed by atoms with Crippen LogP contribution in [0.1, 0.15) is 28.4 Å². The van der Waals surface area contributed by atoms with Crippen molar-refractivity contribution in [1.82, 2.24) is 4.90 Å². The Bertz CT molecular complexity index is 988. The van der Waals surface area contributed by atoms with Crippen LogP contribution in [0.15, 0.2) is 47.4 Å². The first-order valence-corrected chi connectivity index (χ1v) is 9.56. The van der Waals surface area contributed by atoms with E-state index in [0.717, 1.165) is 11.8 Å². The average molecular weight is 417 g/mol. The zero-order chi connectivity index (χ0) is 20.3. The molecule has 0 aromatic heterocycles. The molecule has 8 heteroatoms. The van der Waals surface area contributed by atoms with Gasteiger partial charge in [0.2, 0.25) is 0 Å². The lowest BCUT2D eigenvalue weighted by Crippen LogP contribution is -2.27. The largest absolute Gasteiger partial charge is 0.545 e. The Labute approximate surface area is 170 Å². The van der Waals surface area contributed by atoms with Gasteiger partial charge in [0.1, 0.15) is 12.4 Å². The summed E-state index contributed by atoms with van der Waals surface area (Å²) in [6.45, 7) is 2.20. The molecule has 0 atom stereocenters. The monoisotopic (exact) mass is 416 g/mol. The van der Waals surface area contributed by atoms with Gasteiger partial charge in [0.25, 0.3) is 11.1 Å². The molecule has 0 bridgehead atoms. The Morgan fingerprint density at radius 1 is 1.25 bits per heavy atom. The number of ether oxygens (including phenoxy) is 1. The van der Waals surface area contributed by atoms with E-state index in [1.165, 1.54) is 17.0 Å². The van der Waals surface area contributed by atoms with Gasteiger partial charge >= 0.3 is 0 Å². The van der Waals surface area contributed by atoms with E-state index in [0.29, 0.717) is 33.3 Å². The molecular formula is C20H15ClNO5S-. The summed E-state index contributed by atoms with van der Waals surface area (Å²) in [5.41, 5.74) is 1.40. The lowest BCUT2D eigenvalue weighted by Gasteiger charge is -2.10. The van der Waals surface area contributed by atoms with E-state index in [-0.39, 0.29) is 23.3 Å². The molecule has 0 aliphatic carbocycles. The van der Waals surface area contributed by atoms with Crippen LogP contribution in [0.2, 0.25) is 5.02 Å². The molecule has 2 aromatic carbocycles. The van der Waals surface area contributed by atoms with Crippen LogP contribution >= 0.6 is 23.4 Å². The number of benzene rings is 2. The van der Waals surface area contributed by atoms with Crippen LogP contribution in [-0.4, -0.2) is 28.6 Å². The predicted octanol–water partition coefficient (Wildman–Crippen LogP) is 3.34.